The van der Waals surface area contributed by atoms with E-state index in [1.54, 1.807) is 49.9 Å². The summed E-state index contributed by atoms with van der Waals surface area (Å²) in [6.45, 7) is 6.31. The van der Waals surface area contributed by atoms with E-state index in [1.165, 1.54) is 4.90 Å². The first-order chi connectivity index (χ1) is 17.0. The predicted molar refractivity (Wildman–Crippen MR) is 130 cm³/mol. The molecular formula is C25H32N6O5. The molecule has 3 aliphatic heterocycles. The van der Waals surface area contributed by atoms with E-state index in [0.717, 1.165) is 6.42 Å². The number of amides is 4. The lowest BCUT2D eigenvalue weighted by molar-refractivity contribution is -0.135. The quantitative estimate of drug-likeness (QED) is 0.596. The molecule has 4 atom stereocenters. The molecule has 192 valence electrons. The molecule has 1 aromatic rings. The van der Waals surface area contributed by atoms with Crippen LogP contribution in [0.25, 0.3) is 0 Å². The van der Waals surface area contributed by atoms with Crippen molar-refractivity contribution >= 4 is 29.5 Å². The predicted octanol–water partition coefficient (Wildman–Crippen LogP) is 0.983. The van der Waals surface area contributed by atoms with Crippen LogP contribution in [0.5, 0.6) is 0 Å². The van der Waals surface area contributed by atoms with Crippen LogP contribution in [-0.4, -0.2) is 83.0 Å². The second kappa shape index (κ2) is 9.78. The molecule has 3 heterocycles. The standard InChI is InChI=1S/C25H32N6O5/c1-25(2,3)36-24(35)28-19(22(33)30-10-4-5-17(30)12-26)14-29-13-18-11-20(29)23(34)31(18)16-8-6-15(7-9-16)21(27)32/h6-9,17-20H,4-5,10-11,13-14H2,1-3H3,(H2,27,32)(H,28,35)/t17-,18-,19-,20-/m0/s1. The first-order valence-corrected chi connectivity index (χ1v) is 12.1. The number of hydrogen-bond acceptors (Lipinski definition) is 7. The molecule has 36 heavy (non-hydrogen) atoms. The van der Waals surface area contributed by atoms with Crippen LogP contribution in [0.15, 0.2) is 24.3 Å². The smallest absolute Gasteiger partial charge is 0.408 e. The average Bonchev–Trinajstić information content (AvgIpc) is 3.51. The number of piperazine rings is 1. The van der Waals surface area contributed by atoms with Crippen molar-refractivity contribution < 1.29 is 23.9 Å². The van der Waals surface area contributed by atoms with Crippen LogP contribution in [0.4, 0.5) is 10.5 Å². The van der Waals surface area contributed by atoms with Crippen LogP contribution in [0.1, 0.15) is 50.4 Å². The number of carbonyl (C=O) groups excluding carboxylic acids is 4. The number of nitrogens with zero attached hydrogens (tertiary/aromatic N) is 4. The minimum atomic E-state index is -0.954. The molecule has 2 bridgehead atoms. The molecule has 0 aromatic heterocycles. The third kappa shape index (κ3) is 5.14. The minimum Gasteiger partial charge on any atom is -0.444 e. The number of nitrogens with two attached hydrogens (primary N) is 1. The number of rotatable bonds is 6. The second-order valence-electron chi connectivity index (χ2n) is 10.5. The zero-order valence-electron chi connectivity index (χ0n) is 20.8. The Morgan fingerprint density at radius 3 is 2.53 bits per heavy atom. The number of primary amides is 1. The Kier molecular flexibility index (Phi) is 6.91. The molecule has 0 saturated carbocycles. The molecule has 3 saturated heterocycles. The maximum atomic E-state index is 13.4. The Labute approximate surface area is 210 Å². The van der Waals surface area contributed by atoms with E-state index in [0.29, 0.717) is 37.2 Å². The van der Waals surface area contributed by atoms with Crippen molar-refractivity contribution in [1.82, 2.24) is 15.1 Å². The number of alkyl carbamates (subject to hydrolysis) is 1. The number of fused-ring (bicyclic) bond motifs is 2. The number of anilines is 1. The van der Waals surface area contributed by atoms with Gasteiger partial charge in [-0.2, -0.15) is 5.26 Å². The fourth-order valence-corrected chi connectivity index (χ4v) is 5.22. The lowest BCUT2D eigenvalue weighted by atomic mass is 10.1. The zero-order chi connectivity index (χ0) is 26.2. The van der Waals surface area contributed by atoms with E-state index in [2.05, 4.69) is 11.4 Å². The van der Waals surface area contributed by atoms with E-state index in [4.69, 9.17) is 10.5 Å². The first-order valence-electron chi connectivity index (χ1n) is 12.1. The molecule has 1 aromatic carbocycles. The van der Waals surface area contributed by atoms with Gasteiger partial charge < -0.3 is 25.6 Å². The Balaban J connectivity index is 1.48. The molecule has 3 fully saturated rings. The molecule has 3 aliphatic rings. The normalized spacial score (nSPS) is 24.5. The van der Waals surface area contributed by atoms with Crippen LogP contribution in [0.3, 0.4) is 0 Å². The van der Waals surface area contributed by atoms with Crippen LogP contribution < -0.4 is 16.0 Å². The summed E-state index contributed by atoms with van der Waals surface area (Å²) in [5.74, 6) is -0.983. The van der Waals surface area contributed by atoms with Gasteiger partial charge in [0.1, 0.15) is 17.7 Å². The number of hydrogen-bond donors (Lipinski definition) is 2. The number of nitrogens with one attached hydrogen (secondary N) is 1. The first kappa shape index (κ1) is 25.4. The SMILES string of the molecule is CC(C)(C)OC(=O)N[C@@H](CN1C[C@@H]2C[C@H]1C(=O)N2c1ccc(C(N)=O)cc1)C(=O)N1CCC[C@H]1C#N. The lowest BCUT2D eigenvalue weighted by Gasteiger charge is -2.36. The molecular weight excluding hydrogens is 464 g/mol. The molecule has 0 radical (unpaired) electrons. The van der Waals surface area contributed by atoms with Gasteiger partial charge in [-0.15, -0.1) is 0 Å². The van der Waals surface area contributed by atoms with Crippen molar-refractivity contribution in [1.29, 1.82) is 5.26 Å². The highest BCUT2D eigenvalue weighted by molar-refractivity contribution is 6.02. The van der Waals surface area contributed by atoms with Gasteiger partial charge in [-0.25, -0.2) is 4.79 Å². The highest BCUT2D eigenvalue weighted by Gasteiger charge is 2.51. The summed E-state index contributed by atoms with van der Waals surface area (Å²) in [6.07, 6.45) is 1.19. The summed E-state index contributed by atoms with van der Waals surface area (Å²) in [6, 6.07) is 6.73. The van der Waals surface area contributed by atoms with E-state index in [9.17, 15) is 24.4 Å². The van der Waals surface area contributed by atoms with Crippen LogP contribution >= 0.6 is 0 Å². The summed E-state index contributed by atoms with van der Waals surface area (Å²) in [5.41, 5.74) is 5.62. The molecule has 4 rings (SSSR count). The van der Waals surface area contributed by atoms with E-state index >= 15 is 0 Å². The zero-order valence-corrected chi connectivity index (χ0v) is 20.8. The number of likely N-dealkylation sites (tertiary alicyclic amines) is 2. The topological polar surface area (TPSA) is 149 Å². The van der Waals surface area contributed by atoms with Crippen molar-refractivity contribution in [3.63, 3.8) is 0 Å². The molecule has 3 N–H and O–H groups in total. The number of carbonyl (C=O) groups is 4. The van der Waals surface area contributed by atoms with Gasteiger partial charge in [-0.1, -0.05) is 0 Å². The van der Waals surface area contributed by atoms with Gasteiger partial charge in [0.15, 0.2) is 0 Å². The number of ether oxygens (including phenoxy) is 1. The Morgan fingerprint density at radius 2 is 1.94 bits per heavy atom. The fourth-order valence-electron chi connectivity index (χ4n) is 5.22. The van der Waals surface area contributed by atoms with E-state index in [-0.39, 0.29) is 24.4 Å². The summed E-state index contributed by atoms with van der Waals surface area (Å²) < 4.78 is 5.37. The molecule has 0 unspecified atom stereocenters. The van der Waals surface area contributed by atoms with Gasteiger partial charge in [0.05, 0.1) is 18.2 Å². The van der Waals surface area contributed by atoms with Gasteiger partial charge in [0.25, 0.3) is 0 Å². The average molecular weight is 497 g/mol. The highest BCUT2D eigenvalue weighted by Crippen LogP contribution is 2.36. The third-order valence-corrected chi connectivity index (χ3v) is 6.79. The van der Waals surface area contributed by atoms with Crippen LogP contribution in [0, 0.1) is 11.3 Å². The molecule has 11 heteroatoms. The van der Waals surface area contributed by atoms with Crippen molar-refractivity contribution in [3.05, 3.63) is 29.8 Å². The third-order valence-electron chi connectivity index (χ3n) is 6.79. The van der Waals surface area contributed by atoms with Gasteiger partial charge in [-0.3, -0.25) is 19.3 Å². The minimum absolute atomic E-state index is 0.0992. The summed E-state index contributed by atoms with van der Waals surface area (Å²) in [5, 5.41) is 12.1. The molecule has 0 spiro atoms. The highest BCUT2D eigenvalue weighted by atomic mass is 16.6. The summed E-state index contributed by atoms with van der Waals surface area (Å²) >= 11 is 0. The molecule has 11 nitrogen and oxygen atoms in total. The molecule has 0 aliphatic carbocycles. The second-order valence-corrected chi connectivity index (χ2v) is 10.5. The van der Waals surface area contributed by atoms with Gasteiger partial charge >= 0.3 is 6.09 Å². The number of nitriles is 1. The Bertz CT molecular complexity index is 1090. The maximum absolute atomic E-state index is 13.4. The Morgan fingerprint density at radius 1 is 1.25 bits per heavy atom. The van der Waals surface area contributed by atoms with Crippen molar-refractivity contribution in [2.45, 2.75) is 69.8 Å². The lowest BCUT2D eigenvalue weighted by Crippen LogP contribution is -2.59. The number of benzene rings is 1. The van der Waals surface area contributed by atoms with Gasteiger partial charge in [0.2, 0.25) is 17.7 Å². The van der Waals surface area contributed by atoms with Gasteiger partial charge in [-0.05, 0) is 64.3 Å². The summed E-state index contributed by atoms with van der Waals surface area (Å²) in [4.78, 5) is 55.7. The van der Waals surface area contributed by atoms with Crippen molar-refractivity contribution in [2.24, 2.45) is 5.73 Å². The van der Waals surface area contributed by atoms with Crippen LogP contribution in [0.2, 0.25) is 0 Å². The Hall–Kier alpha value is -3.65. The van der Waals surface area contributed by atoms with E-state index in [1.807, 2.05) is 4.90 Å². The largest absolute Gasteiger partial charge is 0.444 e. The molecule has 4 amide bonds. The van der Waals surface area contributed by atoms with Crippen molar-refractivity contribution in [3.8, 4) is 6.07 Å². The van der Waals surface area contributed by atoms with E-state index < -0.39 is 35.7 Å². The van der Waals surface area contributed by atoms with Crippen molar-refractivity contribution in [2.75, 3.05) is 24.5 Å². The monoisotopic (exact) mass is 496 g/mol. The van der Waals surface area contributed by atoms with Crippen LogP contribution in [-0.2, 0) is 14.3 Å². The fraction of sp³-hybridized carbons (Fsp3) is 0.560. The van der Waals surface area contributed by atoms with Gasteiger partial charge in [0, 0.05) is 30.9 Å². The maximum Gasteiger partial charge on any atom is 0.408 e. The summed E-state index contributed by atoms with van der Waals surface area (Å²) in [7, 11) is 0.